The van der Waals surface area contributed by atoms with Gasteiger partial charge in [0.1, 0.15) is 5.82 Å². The van der Waals surface area contributed by atoms with E-state index in [2.05, 4.69) is 25.2 Å². The van der Waals surface area contributed by atoms with Crippen LogP contribution in [0.2, 0.25) is 0 Å². The number of aromatic nitrogens is 5. The third-order valence-electron chi connectivity index (χ3n) is 5.51. The highest BCUT2D eigenvalue weighted by atomic mass is 16.1. The van der Waals surface area contributed by atoms with E-state index in [-0.39, 0.29) is 5.91 Å². The largest absolute Gasteiger partial charge is 0.326 e. The molecule has 1 aliphatic heterocycles. The van der Waals surface area contributed by atoms with Crippen LogP contribution in [-0.4, -0.2) is 30.5 Å². The van der Waals surface area contributed by atoms with Gasteiger partial charge in [-0.1, -0.05) is 18.6 Å². The molecule has 7 nitrogen and oxygen atoms in total. The minimum absolute atomic E-state index is 0.0450. The van der Waals surface area contributed by atoms with Crippen LogP contribution in [0.5, 0.6) is 0 Å². The van der Waals surface area contributed by atoms with Crippen molar-refractivity contribution in [3.63, 3.8) is 0 Å². The molecule has 0 bridgehead atoms. The second-order valence-electron chi connectivity index (χ2n) is 7.48. The number of anilines is 1. The lowest BCUT2D eigenvalue weighted by Crippen LogP contribution is -2.15. The molecular formula is C21H26N6O. The van der Waals surface area contributed by atoms with E-state index in [9.17, 15) is 4.79 Å². The van der Waals surface area contributed by atoms with Crippen molar-refractivity contribution in [1.82, 2.24) is 24.5 Å². The molecule has 0 unspecified atom stereocenters. The summed E-state index contributed by atoms with van der Waals surface area (Å²) in [6.45, 7) is 4.88. The van der Waals surface area contributed by atoms with Crippen LogP contribution in [0.4, 0.5) is 5.69 Å². The van der Waals surface area contributed by atoms with Crippen LogP contribution in [0.3, 0.4) is 0 Å². The second kappa shape index (κ2) is 7.58. The molecule has 1 N–H and O–H groups in total. The Balaban J connectivity index is 1.53. The highest BCUT2D eigenvalue weighted by Crippen LogP contribution is 2.25. The number of hydrogen-bond acceptors (Lipinski definition) is 4. The molecular weight excluding hydrogens is 352 g/mol. The van der Waals surface area contributed by atoms with Gasteiger partial charge in [-0.2, -0.15) is 5.10 Å². The molecule has 28 heavy (non-hydrogen) atoms. The quantitative estimate of drug-likeness (QED) is 0.756. The predicted molar refractivity (Wildman–Crippen MR) is 108 cm³/mol. The standard InChI is InChI=1S/C21H26N6O/c1-14-18(15(2)26(3)25-14)13-20(28)22-17-9-7-8-16(12-17)21-24-23-19-10-5-4-6-11-27(19)21/h7-9,12H,4-6,10-11,13H2,1-3H3,(H,22,28). The molecule has 2 aromatic heterocycles. The van der Waals surface area contributed by atoms with Crippen LogP contribution in [0, 0.1) is 13.8 Å². The van der Waals surface area contributed by atoms with Gasteiger partial charge >= 0.3 is 0 Å². The molecule has 1 amide bonds. The van der Waals surface area contributed by atoms with E-state index in [0.29, 0.717) is 6.42 Å². The first-order valence-electron chi connectivity index (χ1n) is 9.84. The van der Waals surface area contributed by atoms with Crippen LogP contribution in [0.15, 0.2) is 24.3 Å². The van der Waals surface area contributed by atoms with Gasteiger partial charge in [0.15, 0.2) is 5.82 Å². The predicted octanol–water partition coefficient (Wildman–Crippen LogP) is 3.20. The molecule has 3 aromatic rings. The molecule has 0 fully saturated rings. The lowest BCUT2D eigenvalue weighted by atomic mass is 10.1. The molecule has 7 heteroatoms. The maximum atomic E-state index is 12.6. The Kier molecular flexibility index (Phi) is 4.98. The SMILES string of the molecule is Cc1nn(C)c(C)c1CC(=O)Nc1cccc(-c2nnc3n2CCCCC3)c1. The Morgan fingerprint density at radius 3 is 2.82 bits per heavy atom. The maximum absolute atomic E-state index is 12.6. The molecule has 146 valence electrons. The van der Waals surface area contributed by atoms with Crippen molar-refractivity contribution < 1.29 is 4.79 Å². The Morgan fingerprint density at radius 2 is 2.04 bits per heavy atom. The van der Waals surface area contributed by atoms with Crippen molar-refractivity contribution in [3.05, 3.63) is 47.0 Å². The normalized spacial score (nSPS) is 13.8. The van der Waals surface area contributed by atoms with Crippen molar-refractivity contribution in [2.75, 3.05) is 5.32 Å². The summed E-state index contributed by atoms with van der Waals surface area (Å²) < 4.78 is 4.03. The Bertz CT molecular complexity index is 1020. The van der Waals surface area contributed by atoms with Gasteiger partial charge in [0.2, 0.25) is 5.91 Å². The van der Waals surface area contributed by atoms with Crippen molar-refractivity contribution in [1.29, 1.82) is 0 Å². The van der Waals surface area contributed by atoms with Gasteiger partial charge in [0.05, 0.1) is 12.1 Å². The molecule has 0 spiro atoms. The van der Waals surface area contributed by atoms with Crippen LogP contribution in [-0.2, 0) is 31.2 Å². The Labute approximate surface area is 164 Å². The van der Waals surface area contributed by atoms with E-state index < -0.39 is 0 Å². The van der Waals surface area contributed by atoms with E-state index in [1.807, 2.05) is 49.8 Å². The highest BCUT2D eigenvalue weighted by molar-refractivity contribution is 5.93. The lowest BCUT2D eigenvalue weighted by Gasteiger charge is -2.10. The van der Waals surface area contributed by atoms with Gasteiger partial charge < -0.3 is 9.88 Å². The molecule has 0 atom stereocenters. The number of carbonyl (C=O) groups is 1. The maximum Gasteiger partial charge on any atom is 0.228 e. The number of amides is 1. The van der Waals surface area contributed by atoms with Crippen molar-refractivity contribution >= 4 is 11.6 Å². The average molecular weight is 378 g/mol. The minimum Gasteiger partial charge on any atom is -0.326 e. The number of aryl methyl sites for hydroxylation is 3. The van der Waals surface area contributed by atoms with E-state index in [1.165, 1.54) is 12.8 Å². The summed E-state index contributed by atoms with van der Waals surface area (Å²) >= 11 is 0. The lowest BCUT2D eigenvalue weighted by molar-refractivity contribution is -0.115. The molecule has 0 radical (unpaired) electrons. The third-order valence-corrected chi connectivity index (χ3v) is 5.51. The number of rotatable bonds is 4. The van der Waals surface area contributed by atoms with E-state index in [1.54, 1.807) is 0 Å². The van der Waals surface area contributed by atoms with Crippen LogP contribution in [0.1, 0.15) is 42.0 Å². The summed E-state index contributed by atoms with van der Waals surface area (Å²) in [5.41, 5.74) is 4.65. The first-order valence-corrected chi connectivity index (χ1v) is 9.84. The number of fused-ring (bicyclic) bond motifs is 1. The van der Waals surface area contributed by atoms with E-state index >= 15 is 0 Å². The van der Waals surface area contributed by atoms with Gasteiger partial charge in [0.25, 0.3) is 0 Å². The molecule has 4 rings (SSSR count). The van der Waals surface area contributed by atoms with Gasteiger partial charge in [-0.25, -0.2) is 0 Å². The smallest absolute Gasteiger partial charge is 0.228 e. The number of nitrogens with one attached hydrogen (secondary N) is 1. The fourth-order valence-corrected chi connectivity index (χ4v) is 3.87. The van der Waals surface area contributed by atoms with Crippen LogP contribution >= 0.6 is 0 Å². The summed E-state index contributed by atoms with van der Waals surface area (Å²) in [5.74, 6) is 1.90. The minimum atomic E-state index is -0.0450. The highest BCUT2D eigenvalue weighted by Gasteiger charge is 2.17. The van der Waals surface area contributed by atoms with Gasteiger partial charge in [-0.3, -0.25) is 9.48 Å². The molecule has 0 saturated heterocycles. The topological polar surface area (TPSA) is 77.6 Å². The van der Waals surface area contributed by atoms with Crippen molar-refractivity contribution in [2.45, 2.75) is 52.5 Å². The van der Waals surface area contributed by atoms with Gasteiger partial charge in [0, 0.05) is 42.5 Å². The molecule has 1 aliphatic rings. The fourth-order valence-electron chi connectivity index (χ4n) is 3.87. The summed E-state index contributed by atoms with van der Waals surface area (Å²) in [4.78, 5) is 12.6. The monoisotopic (exact) mass is 378 g/mol. The number of carbonyl (C=O) groups excluding carboxylic acids is 1. The van der Waals surface area contributed by atoms with Gasteiger partial charge in [-0.15, -0.1) is 10.2 Å². The summed E-state index contributed by atoms with van der Waals surface area (Å²) in [6.07, 6.45) is 4.84. The van der Waals surface area contributed by atoms with Crippen LogP contribution < -0.4 is 5.32 Å². The molecule has 1 aromatic carbocycles. The Hall–Kier alpha value is -2.96. The summed E-state index contributed by atoms with van der Waals surface area (Å²) in [7, 11) is 1.90. The number of benzene rings is 1. The molecule has 0 saturated carbocycles. The number of nitrogens with zero attached hydrogens (tertiary/aromatic N) is 5. The zero-order chi connectivity index (χ0) is 19.7. The fraction of sp³-hybridized carbons (Fsp3) is 0.429. The van der Waals surface area contributed by atoms with E-state index in [4.69, 9.17) is 0 Å². The first-order chi connectivity index (χ1) is 13.5. The van der Waals surface area contributed by atoms with Crippen molar-refractivity contribution in [3.8, 4) is 11.4 Å². The zero-order valence-electron chi connectivity index (χ0n) is 16.7. The van der Waals surface area contributed by atoms with Crippen LogP contribution in [0.25, 0.3) is 11.4 Å². The number of hydrogen-bond donors (Lipinski definition) is 1. The second-order valence-corrected chi connectivity index (χ2v) is 7.48. The first kappa shape index (κ1) is 18.4. The average Bonchev–Trinajstić information content (AvgIpc) is 3.07. The summed E-state index contributed by atoms with van der Waals surface area (Å²) in [6, 6.07) is 7.85. The zero-order valence-corrected chi connectivity index (χ0v) is 16.7. The van der Waals surface area contributed by atoms with E-state index in [0.717, 1.165) is 59.2 Å². The molecule has 0 aliphatic carbocycles. The van der Waals surface area contributed by atoms with Crippen molar-refractivity contribution in [2.24, 2.45) is 7.05 Å². The Morgan fingerprint density at radius 1 is 1.18 bits per heavy atom. The molecule has 3 heterocycles. The third kappa shape index (κ3) is 3.56. The van der Waals surface area contributed by atoms with Gasteiger partial charge in [-0.05, 0) is 38.8 Å². The summed E-state index contributed by atoms with van der Waals surface area (Å²) in [5, 5.41) is 16.2.